The van der Waals surface area contributed by atoms with Crippen molar-refractivity contribution in [3.8, 4) is 5.75 Å². The van der Waals surface area contributed by atoms with Crippen LogP contribution in [-0.2, 0) is 4.57 Å². The molecule has 0 saturated heterocycles. The van der Waals surface area contributed by atoms with Crippen LogP contribution < -0.4 is 15.5 Å². The summed E-state index contributed by atoms with van der Waals surface area (Å²) in [6.45, 7) is 0. The van der Waals surface area contributed by atoms with E-state index >= 15 is 0 Å². The number of rotatable bonds is 3. The molecule has 1 aromatic rings. The number of aromatic carboxylic acids is 1. The Morgan fingerprint density at radius 2 is 2.07 bits per heavy atom. The second kappa shape index (κ2) is 3.79. The van der Waals surface area contributed by atoms with Gasteiger partial charge in [-0.25, -0.2) is 20.4 Å². The van der Waals surface area contributed by atoms with E-state index in [2.05, 4.69) is 4.52 Å². The van der Waals surface area contributed by atoms with Gasteiger partial charge < -0.3 is 9.63 Å². The second-order valence-corrected chi connectivity index (χ2v) is 4.04. The van der Waals surface area contributed by atoms with Gasteiger partial charge in [-0.3, -0.25) is 0 Å². The minimum absolute atomic E-state index is 0.0101. The summed E-state index contributed by atoms with van der Waals surface area (Å²) in [7, 11) is -3.63. The predicted octanol–water partition coefficient (Wildman–Crippen LogP) is 0.789. The number of hydrogen-bond donors (Lipinski definition) is 3. The van der Waals surface area contributed by atoms with Crippen LogP contribution in [0.1, 0.15) is 10.4 Å². The highest BCUT2D eigenvalue weighted by Gasteiger charge is 2.11. The van der Waals surface area contributed by atoms with Gasteiger partial charge in [-0.15, -0.1) is 0 Å². The maximum atomic E-state index is 10.9. The molecule has 1 rings (SSSR count). The monoisotopic (exact) mass is 216 g/mol. The second-order valence-electron chi connectivity index (χ2n) is 2.57. The van der Waals surface area contributed by atoms with E-state index in [-0.39, 0.29) is 11.3 Å². The van der Waals surface area contributed by atoms with Crippen LogP contribution in [0.5, 0.6) is 5.75 Å². The summed E-state index contributed by atoms with van der Waals surface area (Å²) in [4.78, 5) is 10.5. The Bertz CT molecular complexity index is 400. The van der Waals surface area contributed by atoms with Crippen LogP contribution in [0, 0.1) is 0 Å². The molecule has 0 aliphatic carbocycles. The molecule has 14 heavy (non-hydrogen) atoms. The minimum Gasteiger partial charge on any atom is -0.478 e. The van der Waals surface area contributed by atoms with Crippen LogP contribution in [0.25, 0.3) is 0 Å². The van der Waals surface area contributed by atoms with Crippen molar-refractivity contribution in [2.75, 3.05) is 0 Å². The molecule has 6 nitrogen and oxygen atoms in total. The molecule has 5 N–H and O–H groups in total. The molecule has 0 amide bonds. The van der Waals surface area contributed by atoms with Gasteiger partial charge in [-0.1, -0.05) is 6.07 Å². The molecule has 0 spiro atoms. The van der Waals surface area contributed by atoms with Crippen LogP contribution in [-0.4, -0.2) is 11.1 Å². The molecule has 0 aromatic heterocycles. The Morgan fingerprint density at radius 3 is 2.57 bits per heavy atom. The normalized spacial score (nSPS) is 11.0. The first kappa shape index (κ1) is 10.7. The van der Waals surface area contributed by atoms with Crippen LogP contribution >= 0.6 is 7.67 Å². The Hall–Kier alpha value is -1.36. The highest BCUT2D eigenvalue weighted by Crippen LogP contribution is 2.30. The van der Waals surface area contributed by atoms with Crippen molar-refractivity contribution in [3.63, 3.8) is 0 Å². The van der Waals surface area contributed by atoms with E-state index in [0.29, 0.717) is 0 Å². The smallest absolute Gasteiger partial charge is 0.385 e. The van der Waals surface area contributed by atoms with Crippen LogP contribution in [0.3, 0.4) is 0 Å². The molecule has 0 fully saturated rings. The first-order valence-corrected chi connectivity index (χ1v) is 5.35. The minimum atomic E-state index is -3.63. The van der Waals surface area contributed by atoms with Crippen molar-refractivity contribution < 1.29 is 19.0 Å². The lowest BCUT2D eigenvalue weighted by Gasteiger charge is -2.09. The summed E-state index contributed by atoms with van der Waals surface area (Å²) >= 11 is 0. The third kappa shape index (κ3) is 3.18. The van der Waals surface area contributed by atoms with E-state index in [4.69, 9.17) is 16.1 Å². The molecular formula is C7H9N2O4P. The number of nitrogens with two attached hydrogens (primary N) is 2. The Labute approximate surface area is 80.0 Å². The molecule has 0 aliphatic rings. The van der Waals surface area contributed by atoms with Gasteiger partial charge in [-0.2, -0.15) is 0 Å². The summed E-state index contributed by atoms with van der Waals surface area (Å²) in [5.41, 5.74) is 9.92. The van der Waals surface area contributed by atoms with Gasteiger partial charge in [0.2, 0.25) is 0 Å². The third-order valence-corrected chi connectivity index (χ3v) is 1.83. The van der Waals surface area contributed by atoms with Gasteiger partial charge >= 0.3 is 13.6 Å². The van der Waals surface area contributed by atoms with E-state index < -0.39 is 13.6 Å². The molecule has 0 heterocycles. The molecule has 0 atom stereocenters. The average molecular weight is 216 g/mol. The van der Waals surface area contributed by atoms with Crippen molar-refractivity contribution in [2.24, 2.45) is 11.0 Å². The highest BCUT2D eigenvalue weighted by molar-refractivity contribution is 7.54. The topological polar surface area (TPSA) is 116 Å². The number of hydrogen-bond acceptors (Lipinski definition) is 3. The highest BCUT2D eigenvalue weighted by atomic mass is 31.2. The molecule has 0 radical (unpaired) electrons. The van der Waals surface area contributed by atoms with E-state index in [0.717, 1.165) is 0 Å². The number of benzene rings is 1. The summed E-state index contributed by atoms with van der Waals surface area (Å²) in [5, 5.41) is 8.62. The van der Waals surface area contributed by atoms with Crippen molar-refractivity contribution in [3.05, 3.63) is 29.8 Å². The number of carboxylic acid groups (broad SMARTS) is 1. The van der Waals surface area contributed by atoms with Crippen molar-refractivity contribution in [1.29, 1.82) is 0 Å². The quantitative estimate of drug-likeness (QED) is 0.643. The standard InChI is InChI=1S/C7H9N2O4P/c8-14(9,12)13-6-3-1-2-5(4-6)7(10)11/h1-4H,(H,10,11)(H4,8,9,12). The van der Waals surface area contributed by atoms with Gasteiger partial charge in [-0.05, 0) is 18.2 Å². The summed E-state index contributed by atoms with van der Waals surface area (Å²) < 4.78 is 15.5. The van der Waals surface area contributed by atoms with E-state index in [1.54, 1.807) is 0 Å². The van der Waals surface area contributed by atoms with E-state index in [1.165, 1.54) is 24.3 Å². The van der Waals surface area contributed by atoms with Gasteiger partial charge in [0, 0.05) is 0 Å². The number of carbonyl (C=O) groups is 1. The molecular weight excluding hydrogens is 207 g/mol. The Kier molecular flexibility index (Phi) is 2.90. The summed E-state index contributed by atoms with van der Waals surface area (Å²) in [5.74, 6) is -1.04. The SMILES string of the molecule is NP(N)(=O)Oc1cccc(C(=O)O)c1. The zero-order valence-corrected chi connectivity index (χ0v) is 7.98. The van der Waals surface area contributed by atoms with Gasteiger partial charge in [0.15, 0.2) is 0 Å². The van der Waals surface area contributed by atoms with E-state index in [9.17, 15) is 9.36 Å². The maximum absolute atomic E-state index is 10.9. The van der Waals surface area contributed by atoms with Gasteiger partial charge in [0.1, 0.15) is 5.75 Å². The van der Waals surface area contributed by atoms with Crippen LogP contribution in [0.15, 0.2) is 24.3 Å². The summed E-state index contributed by atoms with van der Waals surface area (Å²) in [6.07, 6.45) is 0. The van der Waals surface area contributed by atoms with Crippen LogP contribution in [0.2, 0.25) is 0 Å². The maximum Gasteiger partial charge on any atom is 0.385 e. The largest absolute Gasteiger partial charge is 0.478 e. The summed E-state index contributed by atoms with van der Waals surface area (Å²) in [6, 6.07) is 5.41. The van der Waals surface area contributed by atoms with E-state index in [1.807, 2.05) is 0 Å². The molecule has 0 saturated carbocycles. The fraction of sp³-hybridized carbons (Fsp3) is 0. The molecule has 76 valence electrons. The van der Waals surface area contributed by atoms with Gasteiger partial charge in [0.25, 0.3) is 0 Å². The zero-order valence-electron chi connectivity index (χ0n) is 7.08. The van der Waals surface area contributed by atoms with Crippen molar-refractivity contribution >= 4 is 13.6 Å². The molecule has 0 unspecified atom stereocenters. The number of carboxylic acids is 1. The Balaban J connectivity index is 2.95. The average Bonchev–Trinajstić information content (AvgIpc) is 2.01. The first-order chi connectivity index (χ1) is 6.38. The molecule has 0 bridgehead atoms. The Morgan fingerprint density at radius 1 is 1.43 bits per heavy atom. The lowest BCUT2D eigenvalue weighted by Crippen LogP contribution is -2.10. The first-order valence-electron chi connectivity index (χ1n) is 3.58. The lowest BCUT2D eigenvalue weighted by molar-refractivity contribution is 0.0696. The molecule has 7 heteroatoms. The van der Waals surface area contributed by atoms with Crippen molar-refractivity contribution in [1.82, 2.24) is 0 Å². The lowest BCUT2D eigenvalue weighted by atomic mass is 10.2. The third-order valence-electron chi connectivity index (χ3n) is 1.33. The zero-order chi connectivity index (χ0) is 10.8. The predicted molar refractivity (Wildman–Crippen MR) is 50.0 cm³/mol. The van der Waals surface area contributed by atoms with Crippen LogP contribution in [0.4, 0.5) is 0 Å². The molecule has 1 aromatic carbocycles. The molecule has 0 aliphatic heterocycles. The van der Waals surface area contributed by atoms with Crippen molar-refractivity contribution in [2.45, 2.75) is 0 Å². The fourth-order valence-corrected chi connectivity index (χ4v) is 1.29. The van der Waals surface area contributed by atoms with Gasteiger partial charge in [0.05, 0.1) is 5.56 Å². The fourth-order valence-electron chi connectivity index (χ4n) is 0.851.